The van der Waals surface area contributed by atoms with Crippen LogP contribution >= 0.6 is 11.8 Å². The molecule has 0 bridgehead atoms. The van der Waals surface area contributed by atoms with Crippen LogP contribution in [0.25, 0.3) is 11.2 Å². The van der Waals surface area contributed by atoms with Crippen LogP contribution in [0.5, 0.6) is 0 Å². The van der Waals surface area contributed by atoms with E-state index in [0.29, 0.717) is 5.82 Å². The highest BCUT2D eigenvalue weighted by Crippen LogP contribution is 2.23. The second kappa shape index (κ2) is 10.8. The van der Waals surface area contributed by atoms with Gasteiger partial charge in [-0.05, 0) is 63.7 Å². The van der Waals surface area contributed by atoms with E-state index in [2.05, 4.69) is 49.8 Å². The second-order valence-electron chi connectivity index (χ2n) is 8.05. The number of likely N-dealkylation sites (tertiary alicyclic amines) is 1. The van der Waals surface area contributed by atoms with Crippen molar-refractivity contribution in [2.24, 2.45) is 0 Å². The zero-order valence-corrected chi connectivity index (χ0v) is 18.5. The summed E-state index contributed by atoms with van der Waals surface area (Å²) in [5, 5.41) is 0.753. The van der Waals surface area contributed by atoms with E-state index in [-0.39, 0.29) is 0 Å². The number of rotatable bonds is 10. The zero-order chi connectivity index (χ0) is 20.6. The summed E-state index contributed by atoms with van der Waals surface area (Å²) in [4.78, 5) is 16.3. The van der Waals surface area contributed by atoms with E-state index in [1.165, 1.54) is 50.9 Å². The molecular weight excluding hydrogens is 392 g/mol. The second-order valence-corrected chi connectivity index (χ2v) is 9.11. The Morgan fingerprint density at radius 2 is 1.73 bits per heavy atom. The number of hydrogen-bond donors (Lipinski definition) is 1. The highest BCUT2D eigenvalue weighted by molar-refractivity contribution is 7.99. The van der Waals surface area contributed by atoms with E-state index in [4.69, 9.17) is 10.7 Å². The third kappa shape index (κ3) is 5.73. The summed E-state index contributed by atoms with van der Waals surface area (Å²) < 4.78 is 2.14. The topological polar surface area (TPSA) is 72.9 Å². The molecule has 2 aromatic heterocycles. The summed E-state index contributed by atoms with van der Waals surface area (Å²) in [6, 6.07) is 10.6. The molecule has 0 spiro atoms. The van der Waals surface area contributed by atoms with Gasteiger partial charge in [-0.2, -0.15) is 0 Å². The van der Waals surface area contributed by atoms with Gasteiger partial charge in [-0.25, -0.2) is 15.0 Å². The molecule has 4 rings (SSSR count). The zero-order valence-electron chi connectivity index (χ0n) is 17.7. The molecule has 160 valence electrons. The average Bonchev–Trinajstić information content (AvgIpc) is 3.19. The molecule has 0 amide bonds. The number of nitrogen functional groups attached to an aromatic ring is 1. The predicted octanol–water partition coefficient (Wildman–Crippen LogP) is 4.40. The number of hydrogen-bond acceptors (Lipinski definition) is 6. The van der Waals surface area contributed by atoms with Crippen molar-refractivity contribution >= 4 is 28.7 Å². The summed E-state index contributed by atoms with van der Waals surface area (Å²) in [5.74, 6) is 1.46. The van der Waals surface area contributed by atoms with Gasteiger partial charge in [0, 0.05) is 12.3 Å². The molecule has 0 radical (unpaired) electrons. The van der Waals surface area contributed by atoms with Crippen molar-refractivity contribution in [1.29, 1.82) is 0 Å². The quantitative estimate of drug-likeness (QED) is 0.295. The van der Waals surface area contributed by atoms with E-state index in [9.17, 15) is 0 Å². The number of aromatic nitrogens is 4. The maximum Gasteiger partial charge on any atom is 0.191 e. The molecule has 1 saturated heterocycles. The maximum atomic E-state index is 6.17. The lowest BCUT2D eigenvalue weighted by molar-refractivity contribution is 0.223. The number of thioether (sulfide) groups is 1. The van der Waals surface area contributed by atoms with E-state index >= 15 is 0 Å². The molecule has 3 aromatic rings. The molecule has 6 nitrogen and oxygen atoms in total. The van der Waals surface area contributed by atoms with Crippen molar-refractivity contribution in [3.05, 3.63) is 42.2 Å². The summed E-state index contributed by atoms with van der Waals surface area (Å²) in [6.45, 7) is 4.66. The monoisotopic (exact) mass is 424 g/mol. The van der Waals surface area contributed by atoms with Crippen molar-refractivity contribution in [3.8, 4) is 0 Å². The number of fused-ring (bicyclic) bond motifs is 1. The Labute approximate surface area is 183 Å². The standard InChI is InChI=1S/C23H32N6S/c24-21-20-22(27-23(26-21)30-17-9-12-19-10-3-1-4-11-19)29(18-25-20)16-8-7-15-28-13-5-2-6-14-28/h1,3-4,10-11,18H,2,5-9,12-17H2,(H2,24,26,27). The maximum absolute atomic E-state index is 6.17. The van der Waals surface area contributed by atoms with Crippen molar-refractivity contribution in [1.82, 2.24) is 24.4 Å². The fraction of sp³-hybridized carbons (Fsp3) is 0.522. The van der Waals surface area contributed by atoms with Crippen LogP contribution < -0.4 is 5.73 Å². The largest absolute Gasteiger partial charge is 0.382 e. The van der Waals surface area contributed by atoms with Crippen molar-refractivity contribution in [2.45, 2.75) is 56.6 Å². The molecule has 3 heterocycles. The van der Waals surface area contributed by atoms with E-state index < -0.39 is 0 Å². The normalized spacial score (nSPS) is 15.1. The minimum atomic E-state index is 0.484. The number of nitrogens with zero attached hydrogens (tertiary/aromatic N) is 5. The van der Waals surface area contributed by atoms with Crippen molar-refractivity contribution in [2.75, 3.05) is 31.1 Å². The van der Waals surface area contributed by atoms with Crippen LogP contribution in [0.4, 0.5) is 5.82 Å². The van der Waals surface area contributed by atoms with Crippen LogP contribution in [-0.4, -0.2) is 49.8 Å². The molecule has 1 aliphatic heterocycles. The van der Waals surface area contributed by atoms with Crippen molar-refractivity contribution < 1.29 is 0 Å². The SMILES string of the molecule is Nc1nc(SCCCc2ccccc2)nc2c1ncn2CCCCN1CCCCC1. The van der Waals surface area contributed by atoms with Crippen LogP contribution in [0.1, 0.15) is 44.1 Å². The molecule has 30 heavy (non-hydrogen) atoms. The fourth-order valence-corrected chi connectivity index (χ4v) is 4.84. The van der Waals surface area contributed by atoms with E-state index in [1.807, 2.05) is 6.33 Å². The number of benzene rings is 1. The van der Waals surface area contributed by atoms with Gasteiger partial charge in [0.25, 0.3) is 0 Å². The third-order valence-corrected chi connectivity index (χ3v) is 6.66. The Hall–Kier alpha value is -2.12. The lowest BCUT2D eigenvalue weighted by Gasteiger charge is -2.26. The summed E-state index contributed by atoms with van der Waals surface area (Å²) in [5.41, 5.74) is 9.13. The predicted molar refractivity (Wildman–Crippen MR) is 125 cm³/mol. The Morgan fingerprint density at radius 1 is 0.933 bits per heavy atom. The summed E-state index contributed by atoms with van der Waals surface area (Å²) >= 11 is 1.68. The fourth-order valence-electron chi connectivity index (χ4n) is 4.06. The van der Waals surface area contributed by atoms with Gasteiger partial charge in [0.15, 0.2) is 16.6 Å². The molecule has 1 aliphatic rings. The van der Waals surface area contributed by atoms with Gasteiger partial charge in [-0.1, -0.05) is 48.5 Å². The highest BCUT2D eigenvalue weighted by Gasteiger charge is 2.13. The highest BCUT2D eigenvalue weighted by atomic mass is 32.2. The Kier molecular flexibility index (Phi) is 7.59. The smallest absolute Gasteiger partial charge is 0.191 e. The van der Waals surface area contributed by atoms with Crippen LogP contribution in [0.3, 0.4) is 0 Å². The van der Waals surface area contributed by atoms with Crippen LogP contribution in [0, 0.1) is 0 Å². The van der Waals surface area contributed by atoms with Gasteiger partial charge in [0.1, 0.15) is 5.52 Å². The first-order valence-corrected chi connectivity index (χ1v) is 12.2. The Bertz CT molecular complexity index is 920. The molecule has 7 heteroatoms. The summed E-state index contributed by atoms with van der Waals surface area (Å²) in [7, 11) is 0. The number of anilines is 1. The van der Waals surface area contributed by atoms with Gasteiger partial charge < -0.3 is 15.2 Å². The van der Waals surface area contributed by atoms with Crippen LogP contribution in [-0.2, 0) is 13.0 Å². The average molecular weight is 425 g/mol. The number of imidazole rings is 1. The van der Waals surface area contributed by atoms with E-state index in [1.54, 1.807) is 11.8 Å². The van der Waals surface area contributed by atoms with Gasteiger partial charge >= 0.3 is 0 Å². The molecule has 1 aromatic carbocycles. The lowest BCUT2D eigenvalue weighted by atomic mass is 10.1. The third-order valence-electron chi connectivity index (χ3n) is 5.73. The molecule has 0 unspecified atom stereocenters. The Morgan fingerprint density at radius 3 is 2.57 bits per heavy atom. The minimum Gasteiger partial charge on any atom is -0.382 e. The van der Waals surface area contributed by atoms with Gasteiger partial charge in [-0.3, -0.25) is 0 Å². The first-order valence-electron chi connectivity index (χ1n) is 11.2. The van der Waals surface area contributed by atoms with Gasteiger partial charge in [-0.15, -0.1) is 0 Å². The molecule has 2 N–H and O–H groups in total. The minimum absolute atomic E-state index is 0.484. The summed E-state index contributed by atoms with van der Waals surface area (Å²) in [6.07, 6.45) is 10.5. The number of aryl methyl sites for hydroxylation is 2. The molecule has 0 atom stereocenters. The van der Waals surface area contributed by atoms with Gasteiger partial charge in [0.05, 0.1) is 6.33 Å². The molecule has 0 saturated carbocycles. The number of piperidine rings is 1. The van der Waals surface area contributed by atoms with Crippen LogP contribution in [0.15, 0.2) is 41.8 Å². The first kappa shape index (κ1) is 21.1. The molecular formula is C23H32N6S. The lowest BCUT2D eigenvalue weighted by Crippen LogP contribution is -2.30. The molecule has 0 aliphatic carbocycles. The van der Waals surface area contributed by atoms with Crippen LogP contribution in [0.2, 0.25) is 0 Å². The van der Waals surface area contributed by atoms with E-state index in [0.717, 1.165) is 47.9 Å². The number of unbranched alkanes of at least 4 members (excludes halogenated alkanes) is 1. The molecule has 1 fully saturated rings. The van der Waals surface area contributed by atoms with Crippen molar-refractivity contribution in [3.63, 3.8) is 0 Å². The Balaban J connectivity index is 1.29. The number of nitrogens with two attached hydrogens (primary N) is 1. The first-order chi connectivity index (χ1) is 14.8. The van der Waals surface area contributed by atoms with Gasteiger partial charge in [0.2, 0.25) is 0 Å².